The lowest BCUT2D eigenvalue weighted by Crippen LogP contribution is -2.38. The van der Waals surface area contributed by atoms with Crippen LogP contribution in [0.3, 0.4) is 0 Å². The third-order valence-electron chi connectivity index (χ3n) is 3.38. The molecule has 1 aliphatic heterocycles. The monoisotopic (exact) mass is 288 g/mol. The Morgan fingerprint density at radius 2 is 2.05 bits per heavy atom. The van der Waals surface area contributed by atoms with Gasteiger partial charge in [-0.1, -0.05) is 6.92 Å². The topological polar surface area (TPSA) is 69.6 Å². The van der Waals surface area contributed by atoms with Crippen LogP contribution in [0, 0.1) is 5.92 Å². The molecule has 0 aliphatic carbocycles. The molecule has 5 nitrogen and oxygen atoms in total. The molecular formula is C13H24N2O3S. The van der Waals surface area contributed by atoms with Crippen molar-refractivity contribution in [1.82, 2.24) is 10.2 Å². The minimum atomic E-state index is -0.850. The number of amides is 1. The summed E-state index contributed by atoms with van der Waals surface area (Å²) in [6.45, 7) is 6.46. The number of carboxylic acids is 1. The molecule has 1 atom stereocenters. The lowest BCUT2D eigenvalue weighted by Gasteiger charge is -2.25. The molecule has 0 aromatic heterocycles. The number of thioether (sulfide) groups is 1. The maximum Gasteiger partial charge on any atom is 0.308 e. The van der Waals surface area contributed by atoms with Crippen molar-refractivity contribution in [3.05, 3.63) is 0 Å². The van der Waals surface area contributed by atoms with Crippen LogP contribution >= 0.6 is 11.8 Å². The van der Waals surface area contributed by atoms with E-state index in [0.717, 1.165) is 25.9 Å². The second-order valence-corrected chi connectivity index (χ2v) is 6.22. The van der Waals surface area contributed by atoms with E-state index in [1.165, 1.54) is 0 Å². The summed E-state index contributed by atoms with van der Waals surface area (Å²) in [4.78, 5) is 24.5. The van der Waals surface area contributed by atoms with E-state index >= 15 is 0 Å². The second kappa shape index (κ2) is 8.43. The molecule has 0 saturated carbocycles. The molecule has 1 aliphatic rings. The molecule has 19 heavy (non-hydrogen) atoms. The van der Waals surface area contributed by atoms with Crippen molar-refractivity contribution in [3.8, 4) is 0 Å². The molecule has 2 N–H and O–H groups in total. The number of carboxylic acid groups (broad SMARTS) is 1. The van der Waals surface area contributed by atoms with Crippen molar-refractivity contribution >= 4 is 23.6 Å². The van der Waals surface area contributed by atoms with Crippen molar-refractivity contribution < 1.29 is 14.7 Å². The van der Waals surface area contributed by atoms with E-state index < -0.39 is 11.9 Å². The smallest absolute Gasteiger partial charge is 0.308 e. The molecule has 0 bridgehead atoms. The summed E-state index contributed by atoms with van der Waals surface area (Å²) in [7, 11) is 0. The highest BCUT2D eigenvalue weighted by molar-refractivity contribution is 8.00. The van der Waals surface area contributed by atoms with Crippen LogP contribution in [-0.2, 0) is 9.59 Å². The van der Waals surface area contributed by atoms with E-state index in [0.29, 0.717) is 24.1 Å². The van der Waals surface area contributed by atoms with Gasteiger partial charge in [-0.2, -0.15) is 0 Å². The third-order valence-corrected chi connectivity index (χ3v) is 4.74. The highest BCUT2D eigenvalue weighted by Gasteiger charge is 2.21. The summed E-state index contributed by atoms with van der Waals surface area (Å²) in [6, 6.07) is 0. The zero-order chi connectivity index (χ0) is 14.3. The quantitative estimate of drug-likeness (QED) is 0.732. The van der Waals surface area contributed by atoms with Crippen LogP contribution in [0.5, 0.6) is 0 Å². The Morgan fingerprint density at radius 1 is 1.42 bits per heavy atom. The SMILES string of the molecule is CCN(CC(C)C(=O)O)C(=O)CSC1CCNCC1. The van der Waals surface area contributed by atoms with Crippen molar-refractivity contribution in [1.29, 1.82) is 0 Å². The molecule has 6 heteroatoms. The van der Waals surface area contributed by atoms with Gasteiger partial charge in [0.05, 0.1) is 11.7 Å². The third kappa shape index (κ3) is 5.82. The summed E-state index contributed by atoms with van der Waals surface area (Å²) in [5.74, 6) is -0.839. The summed E-state index contributed by atoms with van der Waals surface area (Å²) < 4.78 is 0. The zero-order valence-electron chi connectivity index (χ0n) is 11.7. The van der Waals surface area contributed by atoms with Gasteiger partial charge in [-0.3, -0.25) is 9.59 Å². The maximum atomic E-state index is 12.1. The molecule has 1 amide bonds. The first kappa shape index (κ1) is 16.3. The van der Waals surface area contributed by atoms with Crippen molar-refractivity contribution in [2.24, 2.45) is 5.92 Å². The van der Waals surface area contributed by atoms with Gasteiger partial charge in [0, 0.05) is 18.3 Å². The van der Waals surface area contributed by atoms with Gasteiger partial charge in [0.15, 0.2) is 0 Å². The molecule has 0 aromatic carbocycles. The fourth-order valence-corrected chi connectivity index (χ4v) is 3.19. The Kier molecular flexibility index (Phi) is 7.23. The number of carbonyl (C=O) groups excluding carboxylic acids is 1. The van der Waals surface area contributed by atoms with Gasteiger partial charge in [-0.25, -0.2) is 0 Å². The number of hydrogen-bond acceptors (Lipinski definition) is 4. The number of carbonyl (C=O) groups is 2. The fourth-order valence-electron chi connectivity index (χ4n) is 2.06. The molecule has 0 aromatic rings. The van der Waals surface area contributed by atoms with Crippen LogP contribution in [0.15, 0.2) is 0 Å². The van der Waals surface area contributed by atoms with E-state index in [1.54, 1.807) is 23.6 Å². The largest absolute Gasteiger partial charge is 0.481 e. The number of rotatable bonds is 7. The van der Waals surface area contributed by atoms with Gasteiger partial charge in [0.2, 0.25) is 5.91 Å². The van der Waals surface area contributed by atoms with Crippen LogP contribution in [0.25, 0.3) is 0 Å². The fraction of sp³-hybridized carbons (Fsp3) is 0.846. The van der Waals surface area contributed by atoms with Crippen LogP contribution in [-0.4, -0.2) is 59.1 Å². The molecule has 1 saturated heterocycles. The predicted octanol–water partition coefficient (Wildman–Crippen LogP) is 1.04. The summed E-state index contributed by atoms with van der Waals surface area (Å²) >= 11 is 1.71. The minimum absolute atomic E-state index is 0.0548. The summed E-state index contributed by atoms with van der Waals surface area (Å²) in [5, 5.41) is 12.7. The Labute approximate surface area is 119 Å². The van der Waals surface area contributed by atoms with E-state index in [1.807, 2.05) is 6.92 Å². The van der Waals surface area contributed by atoms with Crippen LogP contribution < -0.4 is 5.32 Å². The van der Waals surface area contributed by atoms with E-state index in [9.17, 15) is 9.59 Å². The van der Waals surface area contributed by atoms with Crippen molar-refractivity contribution in [3.63, 3.8) is 0 Å². The molecule has 1 fully saturated rings. The first-order valence-electron chi connectivity index (χ1n) is 6.87. The number of nitrogens with one attached hydrogen (secondary N) is 1. The second-order valence-electron chi connectivity index (χ2n) is 4.93. The van der Waals surface area contributed by atoms with E-state index in [2.05, 4.69) is 5.32 Å². The Balaban J connectivity index is 2.34. The maximum absolute atomic E-state index is 12.1. The minimum Gasteiger partial charge on any atom is -0.481 e. The van der Waals surface area contributed by atoms with Gasteiger partial charge < -0.3 is 15.3 Å². The molecule has 110 valence electrons. The lowest BCUT2D eigenvalue weighted by atomic mass is 10.1. The van der Waals surface area contributed by atoms with Gasteiger partial charge >= 0.3 is 5.97 Å². The Bertz CT molecular complexity index is 306. The number of aliphatic carboxylic acids is 1. The number of piperidine rings is 1. The molecule has 1 heterocycles. The average Bonchev–Trinajstić information content (AvgIpc) is 2.42. The number of nitrogens with zero attached hydrogens (tertiary/aromatic N) is 1. The molecular weight excluding hydrogens is 264 g/mol. The normalized spacial score (nSPS) is 18.0. The summed E-state index contributed by atoms with van der Waals surface area (Å²) in [6.07, 6.45) is 2.21. The Hall–Kier alpha value is -0.750. The molecule has 0 spiro atoms. The number of hydrogen-bond donors (Lipinski definition) is 2. The standard InChI is InChI=1S/C13H24N2O3S/c1-3-15(8-10(2)13(17)18)12(16)9-19-11-4-6-14-7-5-11/h10-11,14H,3-9H2,1-2H3,(H,17,18). The van der Waals surface area contributed by atoms with Gasteiger partial charge in [-0.05, 0) is 32.9 Å². The molecule has 0 radical (unpaired) electrons. The van der Waals surface area contributed by atoms with Crippen LogP contribution in [0.2, 0.25) is 0 Å². The zero-order valence-corrected chi connectivity index (χ0v) is 12.5. The lowest BCUT2D eigenvalue weighted by molar-refractivity contribution is -0.142. The summed E-state index contributed by atoms with van der Waals surface area (Å²) in [5.41, 5.74) is 0. The van der Waals surface area contributed by atoms with Crippen LogP contribution in [0.1, 0.15) is 26.7 Å². The molecule has 1 unspecified atom stereocenters. The van der Waals surface area contributed by atoms with Gasteiger partial charge in [-0.15, -0.1) is 11.8 Å². The van der Waals surface area contributed by atoms with Crippen molar-refractivity contribution in [2.45, 2.75) is 31.9 Å². The predicted molar refractivity (Wildman–Crippen MR) is 77.4 cm³/mol. The first-order chi connectivity index (χ1) is 9.04. The average molecular weight is 288 g/mol. The van der Waals surface area contributed by atoms with Gasteiger partial charge in [0.1, 0.15) is 0 Å². The molecule has 1 rings (SSSR count). The van der Waals surface area contributed by atoms with Crippen LogP contribution in [0.4, 0.5) is 0 Å². The highest BCUT2D eigenvalue weighted by Crippen LogP contribution is 2.20. The van der Waals surface area contributed by atoms with Gasteiger partial charge in [0.25, 0.3) is 0 Å². The van der Waals surface area contributed by atoms with E-state index in [-0.39, 0.29) is 5.91 Å². The Morgan fingerprint density at radius 3 is 2.58 bits per heavy atom. The first-order valence-corrected chi connectivity index (χ1v) is 7.92. The highest BCUT2D eigenvalue weighted by atomic mass is 32.2. The van der Waals surface area contributed by atoms with E-state index in [4.69, 9.17) is 5.11 Å². The van der Waals surface area contributed by atoms with Crippen molar-refractivity contribution in [2.75, 3.05) is 31.9 Å².